The Morgan fingerprint density at radius 2 is 1.93 bits per heavy atom. The summed E-state index contributed by atoms with van der Waals surface area (Å²) in [4.78, 5) is 26.8. The summed E-state index contributed by atoms with van der Waals surface area (Å²) >= 11 is 0. The van der Waals surface area contributed by atoms with Gasteiger partial charge in [-0.3, -0.25) is 14.7 Å². The minimum absolute atomic E-state index is 0.0247. The Morgan fingerprint density at radius 3 is 2.73 bits per heavy atom. The Hall–Kier alpha value is -3.25. The zero-order valence-corrected chi connectivity index (χ0v) is 17.6. The Balaban J connectivity index is 1.48. The van der Waals surface area contributed by atoms with Crippen LogP contribution in [0.4, 0.5) is 0 Å². The first-order chi connectivity index (χ1) is 14.5. The van der Waals surface area contributed by atoms with Crippen molar-refractivity contribution in [3.05, 3.63) is 81.2 Å². The molecule has 0 unspecified atom stereocenters. The molecule has 0 fully saturated rings. The van der Waals surface area contributed by atoms with E-state index >= 15 is 0 Å². The van der Waals surface area contributed by atoms with Crippen molar-refractivity contribution in [3.63, 3.8) is 0 Å². The van der Waals surface area contributed by atoms with E-state index in [9.17, 15) is 4.79 Å². The summed E-state index contributed by atoms with van der Waals surface area (Å²) in [6, 6.07) is 10.4. The number of nitrogens with one attached hydrogen (secondary N) is 1. The largest absolute Gasteiger partial charge is 0.348 e. The maximum absolute atomic E-state index is 12.7. The van der Waals surface area contributed by atoms with Gasteiger partial charge in [0, 0.05) is 66.8 Å². The minimum Gasteiger partial charge on any atom is -0.348 e. The van der Waals surface area contributed by atoms with Crippen molar-refractivity contribution in [1.29, 1.82) is 0 Å². The average Bonchev–Trinajstić information content (AvgIpc) is 2.98. The van der Waals surface area contributed by atoms with Crippen molar-refractivity contribution in [3.8, 4) is 11.4 Å². The number of benzene rings is 1. The molecule has 1 N–H and O–H groups in total. The summed E-state index contributed by atoms with van der Waals surface area (Å²) in [6.07, 6.45) is 4.15. The van der Waals surface area contributed by atoms with Crippen molar-refractivity contribution in [2.45, 2.75) is 33.4 Å². The van der Waals surface area contributed by atoms with Crippen LogP contribution in [-0.4, -0.2) is 31.0 Å². The third-order valence-corrected chi connectivity index (χ3v) is 6.27. The van der Waals surface area contributed by atoms with Gasteiger partial charge in [-0.1, -0.05) is 12.1 Å². The van der Waals surface area contributed by atoms with Crippen molar-refractivity contribution in [1.82, 2.24) is 24.4 Å². The third kappa shape index (κ3) is 3.13. The van der Waals surface area contributed by atoms with E-state index in [0.29, 0.717) is 12.4 Å². The quantitative estimate of drug-likeness (QED) is 0.573. The second kappa shape index (κ2) is 7.22. The van der Waals surface area contributed by atoms with Gasteiger partial charge in [0.25, 0.3) is 5.56 Å². The topological polar surface area (TPSA) is 66.8 Å². The van der Waals surface area contributed by atoms with Crippen LogP contribution in [0.5, 0.6) is 0 Å². The second-order valence-electron chi connectivity index (χ2n) is 8.18. The maximum Gasteiger partial charge on any atom is 0.254 e. The highest BCUT2D eigenvalue weighted by atomic mass is 16.1. The monoisotopic (exact) mass is 399 g/mol. The van der Waals surface area contributed by atoms with E-state index in [-0.39, 0.29) is 5.56 Å². The zero-order valence-electron chi connectivity index (χ0n) is 17.6. The van der Waals surface area contributed by atoms with E-state index in [1.807, 2.05) is 12.1 Å². The van der Waals surface area contributed by atoms with Crippen molar-refractivity contribution >= 4 is 10.9 Å². The van der Waals surface area contributed by atoms with Crippen LogP contribution in [0, 0.1) is 13.8 Å². The maximum atomic E-state index is 12.7. The molecule has 0 atom stereocenters. The fourth-order valence-corrected chi connectivity index (χ4v) is 4.45. The predicted octanol–water partition coefficient (Wildman–Crippen LogP) is 3.50. The Morgan fingerprint density at radius 1 is 1.13 bits per heavy atom. The van der Waals surface area contributed by atoms with Crippen LogP contribution in [0.25, 0.3) is 22.3 Å². The number of aromatic nitrogens is 4. The standard InChI is InChI=1S/C24H25N5O/c1-15-4-5-18-20(16(2)28(3)22(18)12-15)13-29-11-8-19-21(14-29)26-23(27-24(19)30)17-6-9-25-10-7-17/h4-7,9-10,12H,8,11,13-14H2,1-3H3,(H,26,27,30). The van der Waals surface area contributed by atoms with E-state index in [1.54, 1.807) is 12.4 Å². The molecule has 4 heterocycles. The minimum atomic E-state index is -0.0247. The number of nitrogens with zero attached hydrogens (tertiary/aromatic N) is 4. The average molecular weight is 399 g/mol. The van der Waals surface area contributed by atoms with Crippen LogP contribution in [0.1, 0.15) is 28.1 Å². The summed E-state index contributed by atoms with van der Waals surface area (Å²) < 4.78 is 2.28. The molecule has 0 radical (unpaired) electrons. The molecule has 0 bridgehead atoms. The molecule has 4 aromatic rings. The fraction of sp³-hybridized carbons (Fsp3) is 0.292. The highest BCUT2D eigenvalue weighted by Crippen LogP contribution is 2.28. The zero-order chi connectivity index (χ0) is 20.8. The molecule has 1 aliphatic heterocycles. The molecule has 6 nitrogen and oxygen atoms in total. The Labute approximate surface area is 175 Å². The van der Waals surface area contributed by atoms with Crippen molar-refractivity contribution in [2.75, 3.05) is 6.54 Å². The van der Waals surface area contributed by atoms with Crippen LogP contribution in [0.3, 0.4) is 0 Å². The smallest absolute Gasteiger partial charge is 0.254 e. The number of hydrogen-bond donors (Lipinski definition) is 1. The summed E-state index contributed by atoms with van der Waals surface area (Å²) in [5.74, 6) is 0.611. The molecular formula is C24H25N5O. The lowest BCUT2D eigenvalue weighted by Gasteiger charge is -2.28. The Kier molecular flexibility index (Phi) is 4.51. The van der Waals surface area contributed by atoms with Crippen LogP contribution >= 0.6 is 0 Å². The predicted molar refractivity (Wildman–Crippen MR) is 118 cm³/mol. The first kappa shape index (κ1) is 18.8. The first-order valence-corrected chi connectivity index (χ1v) is 10.3. The summed E-state index contributed by atoms with van der Waals surface area (Å²) in [5, 5.41) is 1.31. The molecule has 0 spiro atoms. The van der Waals surface area contributed by atoms with Crippen LogP contribution in [-0.2, 0) is 26.6 Å². The number of aromatic amines is 1. The van der Waals surface area contributed by atoms with Crippen molar-refractivity contribution < 1.29 is 0 Å². The van der Waals surface area contributed by atoms with Crippen LogP contribution < -0.4 is 5.56 Å². The van der Waals surface area contributed by atoms with Crippen LogP contribution in [0.2, 0.25) is 0 Å². The van der Waals surface area contributed by atoms with Gasteiger partial charge >= 0.3 is 0 Å². The molecule has 3 aromatic heterocycles. The number of aryl methyl sites for hydroxylation is 2. The SMILES string of the molecule is Cc1ccc2c(CN3CCc4c(nc(-c5ccncc5)[nH]c4=O)C3)c(C)n(C)c2c1. The Bertz CT molecular complexity index is 1300. The highest BCUT2D eigenvalue weighted by Gasteiger charge is 2.23. The normalized spacial score (nSPS) is 14.2. The van der Waals surface area contributed by atoms with Gasteiger partial charge in [0.2, 0.25) is 0 Å². The van der Waals surface area contributed by atoms with Gasteiger partial charge < -0.3 is 9.55 Å². The van der Waals surface area contributed by atoms with E-state index in [0.717, 1.165) is 36.3 Å². The first-order valence-electron chi connectivity index (χ1n) is 10.3. The van der Waals surface area contributed by atoms with E-state index in [2.05, 4.69) is 58.5 Å². The molecule has 152 valence electrons. The summed E-state index contributed by atoms with van der Waals surface area (Å²) in [5.41, 5.74) is 7.74. The van der Waals surface area contributed by atoms with E-state index < -0.39 is 0 Å². The second-order valence-corrected chi connectivity index (χ2v) is 8.18. The number of H-pyrrole nitrogens is 1. The molecule has 1 aromatic carbocycles. The van der Waals surface area contributed by atoms with Gasteiger partial charge in [0.05, 0.1) is 5.69 Å². The number of rotatable bonds is 3. The third-order valence-electron chi connectivity index (χ3n) is 6.27. The number of pyridine rings is 1. The molecule has 0 aliphatic carbocycles. The molecule has 30 heavy (non-hydrogen) atoms. The van der Waals surface area contributed by atoms with Gasteiger partial charge in [0.15, 0.2) is 0 Å². The lowest BCUT2D eigenvalue weighted by atomic mass is 10.0. The molecule has 6 heteroatoms. The van der Waals surface area contributed by atoms with Gasteiger partial charge in [-0.15, -0.1) is 0 Å². The fourth-order valence-electron chi connectivity index (χ4n) is 4.45. The molecule has 0 saturated carbocycles. The molecule has 1 aliphatic rings. The summed E-state index contributed by atoms with van der Waals surface area (Å²) in [6.45, 7) is 6.71. The molecular weight excluding hydrogens is 374 g/mol. The van der Waals surface area contributed by atoms with Gasteiger partial charge in [-0.25, -0.2) is 4.98 Å². The van der Waals surface area contributed by atoms with Crippen LogP contribution in [0.15, 0.2) is 47.5 Å². The van der Waals surface area contributed by atoms with Gasteiger partial charge in [0.1, 0.15) is 5.82 Å². The van der Waals surface area contributed by atoms with Gasteiger partial charge in [-0.05, 0) is 49.6 Å². The van der Waals surface area contributed by atoms with Gasteiger partial charge in [-0.2, -0.15) is 0 Å². The highest BCUT2D eigenvalue weighted by molar-refractivity contribution is 5.86. The van der Waals surface area contributed by atoms with Crippen molar-refractivity contribution in [2.24, 2.45) is 7.05 Å². The number of fused-ring (bicyclic) bond motifs is 2. The lowest BCUT2D eigenvalue weighted by molar-refractivity contribution is 0.241. The summed E-state index contributed by atoms with van der Waals surface area (Å²) in [7, 11) is 2.13. The molecule has 0 amide bonds. The molecule has 5 rings (SSSR count). The molecule has 0 saturated heterocycles. The van der Waals surface area contributed by atoms with E-state index in [1.165, 1.54) is 27.7 Å². The number of hydrogen-bond acceptors (Lipinski definition) is 4. The van der Waals surface area contributed by atoms with E-state index in [4.69, 9.17) is 4.98 Å². The lowest BCUT2D eigenvalue weighted by Crippen LogP contribution is -2.35.